The molecular formula is C9H18N2O2. The molecule has 0 rings (SSSR count). The summed E-state index contributed by atoms with van der Waals surface area (Å²) in [5.41, 5.74) is 5.22. The predicted molar refractivity (Wildman–Crippen MR) is 52.3 cm³/mol. The van der Waals surface area contributed by atoms with E-state index in [4.69, 9.17) is 10.5 Å². The van der Waals surface area contributed by atoms with Crippen LogP contribution in [0.15, 0.2) is 12.2 Å². The molecule has 0 saturated heterocycles. The predicted octanol–water partition coefficient (Wildman–Crippen LogP) is 0.0441. The van der Waals surface area contributed by atoms with Gasteiger partial charge >= 0.3 is 0 Å². The fourth-order valence-corrected chi connectivity index (χ4v) is 0.750. The molecular weight excluding hydrogens is 168 g/mol. The van der Waals surface area contributed by atoms with Gasteiger partial charge in [0.15, 0.2) is 0 Å². The summed E-state index contributed by atoms with van der Waals surface area (Å²) in [5.74, 6) is 0.00937. The number of carbonyl (C=O) groups excluding carboxylic acids is 1. The lowest BCUT2D eigenvalue weighted by molar-refractivity contribution is -0.121. The van der Waals surface area contributed by atoms with E-state index in [1.807, 2.05) is 19.1 Å². The average molecular weight is 186 g/mol. The van der Waals surface area contributed by atoms with Crippen LogP contribution in [-0.4, -0.2) is 32.2 Å². The van der Waals surface area contributed by atoms with Gasteiger partial charge in [-0.25, -0.2) is 0 Å². The molecule has 4 heteroatoms. The monoisotopic (exact) mass is 186 g/mol. The van der Waals surface area contributed by atoms with Crippen molar-refractivity contribution in [3.05, 3.63) is 12.2 Å². The number of amides is 1. The molecule has 0 aliphatic carbocycles. The number of carbonyl (C=O) groups is 1. The summed E-state index contributed by atoms with van der Waals surface area (Å²) >= 11 is 0. The fraction of sp³-hybridized carbons (Fsp3) is 0.667. The Bertz CT molecular complexity index is 158. The van der Waals surface area contributed by atoms with Crippen LogP contribution in [-0.2, 0) is 9.53 Å². The Kier molecular flexibility index (Phi) is 8.60. The molecule has 3 N–H and O–H groups in total. The summed E-state index contributed by atoms with van der Waals surface area (Å²) in [6.45, 7) is 4.10. The Balaban J connectivity index is 3.25. The molecule has 0 heterocycles. The molecule has 76 valence electrons. The highest BCUT2D eigenvalue weighted by Gasteiger charge is 1.97. The molecule has 0 saturated carbocycles. The number of hydrogen-bond acceptors (Lipinski definition) is 3. The first-order chi connectivity index (χ1) is 6.31. The highest BCUT2D eigenvalue weighted by atomic mass is 16.5. The van der Waals surface area contributed by atoms with Crippen molar-refractivity contribution in [1.29, 1.82) is 0 Å². The summed E-state index contributed by atoms with van der Waals surface area (Å²) in [6, 6.07) is 0. The van der Waals surface area contributed by atoms with E-state index < -0.39 is 0 Å². The average Bonchev–Trinajstić information content (AvgIpc) is 2.13. The van der Waals surface area contributed by atoms with Gasteiger partial charge in [0.05, 0.1) is 6.61 Å². The highest BCUT2D eigenvalue weighted by Crippen LogP contribution is 1.82. The third-order valence-electron chi connectivity index (χ3n) is 1.40. The minimum absolute atomic E-state index is 0.00937. The van der Waals surface area contributed by atoms with Crippen LogP contribution in [0.4, 0.5) is 0 Å². The lowest BCUT2D eigenvalue weighted by atomic mass is 10.4. The second-order valence-corrected chi connectivity index (χ2v) is 2.46. The Hall–Kier alpha value is -0.870. The van der Waals surface area contributed by atoms with Gasteiger partial charge in [0, 0.05) is 26.1 Å². The SMILES string of the molecule is CCOCCC(=O)NC/C=C/CN. The second-order valence-electron chi connectivity index (χ2n) is 2.46. The van der Waals surface area contributed by atoms with E-state index in [9.17, 15) is 4.79 Å². The molecule has 4 nitrogen and oxygen atoms in total. The third-order valence-corrected chi connectivity index (χ3v) is 1.40. The Morgan fingerprint density at radius 1 is 1.54 bits per heavy atom. The second kappa shape index (κ2) is 9.22. The number of ether oxygens (including phenoxy) is 1. The summed E-state index contributed by atoms with van der Waals surface area (Å²) in [4.78, 5) is 11.0. The summed E-state index contributed by atoms with van der Waals surface area (Å²) in [5, 5.41) is 2.72. The standard InChI is InChI=1S/C9H18N2O2/c1-2-13-8-5-9(12)11-7-4-3-6-10/h3-4H,2,5-8,10H2,1H3,(H,11,12)/b4-3+. The minimum Gasteiger partial charge on any atom is -0.381 e. The molecule has 0 fully saturated rings. The fourth-order valence-electron chi connectivity index (χ4n) is 0.750. The molecule has 0 spiro atoms. The van der Waals surface area contributed by atoms with Gasteiger partial charge in [-0.1, -0.05) is 12.2 Å². The maximum Gasteiger partial charge on any atom is 0.222 e. The summed E-state index contributed by atoms with van der Waals surface area (Å²) in [7, 11) is 0. The first-order valence-electron chi connectivity index (χ1n) is 4.50. The zero-order valence-electron chi connectivity index (χ0n) is 8.08. The first kappa shape index (κ1) is 12.1. The van der Waals surface area contributed by atoms with Crippen molar-refractivity contribution in [3.8, 4) is 0 Å². The normalized spacial score (nSPS) is 10.6. The van der Waals surface area contributed by atoms with Gasteiger partial charge in [0.2, 0.25) is 5.91 Å². The number of nitrogens with two attached hydrogens (primary N) is 1. The summed E-state index contributed by atoms with van der Waals surface area (Å²) < 4.78 is 5.03. The van der Waals surface area contributed by atoms with Crippen LogP contribution < -0.4 is 11.1 Å². The Morgan fingerprint density at radius 2 is 2.31 bits per heavy atom. The van der Waals surface area contributed by atoms with Gasteiger partial charge in [-0.3, -0.25) is 4.79 Å². The van der Waals surface area contributed by atoms with E-state index in [2.05, 4.69) is 5.32 Å². The lowest BCUT2D eigenvalue weighted by Gasteiger charge is -2.01. The van der Waals surface area contributed by atoms with E-state index >= 15 is 0 Å². The molecule has 0 aromatic rings. The maximum atomic E-state index is 11.0. The van der Waals surface area contributed by atoms with Crippen molar-refractivity contribution in [1.82, 2.24) is 5.32 Å². The van der Waals surface area contributed by atoms with Gasteiger partial charge in [0.1, 0.15) is 0 Å². The van der Waals surface area contributed by atoms with E-state index in [1.54, 1.807) is 0 Å². The topological polar surface area (TPSA) is 64.3 Å². The summed E-state index contributed by atoms with van der Waals surface area (Å²) in [6.07, 6.45) is 4.06. The van der Waals surface area contributed by atoms with Crippen molar-refractivity contribution in [2.75, 3.05) is 26.3 Å². The van der Waals surface area contributed by atoms with Crippen molar-refractivity contribution in [2.45, 2.75) is 13.3 Å². The van der Waals surface area contributed by atoms with Crippen molar-refractivity contribution in [3.63, 3.8) is 0 Å². The molecule has 0 radical (unpaired) electrons. The van der Waals surface area contributed by atoms with Crippen LogP contribution in [0.1, 0.15) is 13.3 Å². The smallest absolute Gasteiger partial charge is 0.222 e. The van der Waals surface area contributed by atoms with Gasteiger partial charge in [-0.2, -0.15) is 0 Å². The van der Waals surface area contributed by atoms with Crippen LogP contribution in [0.3, 0.4) is 0 Å². The van der Waals surface area contributed by atoms with Crippen molar-refractivity contribution >= 4 is 5.91 Å². The molecule has 0 aromatic carbocycles. The number of nitrogens with one attached hydrogen (secondary N) is 1. The molecule has 13 heavy (non-hydrogen) atoms. The van der Waals surface area contributed by atoms with Crippen molar-refractivity contribution < 1.29 is 9.53 Å². The number of hydrogen-bond donors (Lipinski definition) is 2. The maximum absolute atomic E-state index is 11.0. The molecule has 0 atom stereocenters. The molecule has 0 aliphatic rings. The quantitative estimate of drug-likeness (QED) is 0.436. The van der Waals surface area contributed by atoms with E-state index in [-0.39, 0.29) is 5.91 Å². The van der Waals surface area contributed by atoms with Gasteiger partial charge in [-0.15, -0.1) is 0 Å². The van der Waals surface area contributed by atoms with E-state index in [1.165, 1.54) is 0 Å². The van der Waals surface area contributed by atoms with Crippen LogP contribution in [0.25, 0.3) is 0 Å². The first-order valence-corrected chi connectivity index (χ1v) is 4.50. The van der Waals surface area contributed by atoms with E-state index in [0.717, 1.165) is 0 Å². The van der Waals surface area contributed by atoms with Crippen molar-refractivity contribution in [2.24, 2.45) is 5.73 Å². The Labute approximate surface area is 79.1 Å². The van der Waals surface area contributed by atoms with Gasteiger partial charge < -0.3 is 15.8 Å². The highest BCUT2D eigenvalue weighted by molar-refractivity contribution is 5.76. The third kappa shape index (κ3) is 9.04. The molecule has 0 bridgehead atoms. The van der Waals surface area contributed by atoms with Crippen LogP contribution >= 0.6 is 0 Å². The van der Waals surface area contributed by atoms with Gasteiger partial charge in [-0.05, 0) is 6.92 Å². The molecule has 0 aliphatic heterocycles. The minimum atomic E-state index is 0.00937. The Morgan fingerprint density at radius 3 is 2.92 bits per heavy atom. The largest absolute Gasteiger partial charge is 0.381 e. The zero-order valence-corrected chi connectivity index (χ0v) is 8.08. The zero-order chi connectivity index (χ0) is 9.94. The van der Waals surface area contributed by atoms with Gasteiger partial charge in [0.25, 0.3) is 0 Å². The lowest BCUT2D eigenvalue weighted by Crippen LogP contribution is -2.24. The van der Waals surface area contributed by atoms with Crippen LogP contribution in [0.2, 0.25) is 0 Å². The molecule has 0 unspecified atom stereocenters. The van der Waals surface area contributed by atoms with E-state index in [0.29, 0.717) is 32.7 Å². The van der Waals surface area contributed by atoms with Crippen LogP contribution in [0.5, 0.6) is 0 Å². The van der Waals surface area contributed by atoms with Crippen LogP contribution in [0, 0.1) is 0 Å². The number of rotatable bonds is 7. The molecule has 1 amide bonds. The molecule has 0 aromatic heterocycles.